The summed E-state index contributed by atoms with van der Waals surface area (Å²) in [6.07, 6.45) is 2.50. The number of benzene rings is 2. The summed E-state index contributed by atoms with van der Waals surface area (Å²) in [5, 5.41) is 2.96. The van der Waals surface area contributed by atoms with Gasteiger partial charge in [-0.15, -0.1) is 11.8 Å². The smallest absolute Gasteiger partial charge is 0.256 e. The zero-order valence-electron chi connectivity index (χ0n) is 14.5. The van der Waals surface area contributed by atoms with Crippen molar-refractivity contribution >= 4 is 34.5 Å². The highest BCUT2D eigenvalue weighted by atomic mass is 32.2. The fourth-order valence-electron chi connectivity index (χ4n) is 3.06. The first-order valence-corrected chi connectivity index (χ1v) is 9.69. The third kappa shape index (κ3) is 3.76. The molecule has 1 aliphatic heterocycles. The van der Waals surface area contributed by atoms with Gasteiger partial charge in [-0.2, -0.15) is 0 Å². The van der Waals surface area contributed by atoms with E-state index in [1.807, 2.05) is 42.5 Å². The molecule has 0 radical (unpaired) electrons. The lowest BCUT2D eigenvalue weighted by Gasteiger charge is -2.12. The molecule has 4 rings (SSSR count). The minimum absolute atomic E-state index is 0.125. The van der Waals surface area contributed by atoms with Crippen molar-refractivity contribution in [3.63, 3.8) is 0 Å². The molecule has 0 saturated carbocycles. The number of carbonyl (C=O) groups is 1. The van der Waals surface area contributed by atoms with Crippen LogP contribution in [0.3, 0.4) is 0 Å². The van der Waals surface area contributed by atoms with E-state index in [9.17, 15) is 4.79 Å². The third-order valence-corrected chi connectivity index (χ3v) is 5.54. The molecule has 1 amide bonds. The molecule has 5 nitrogen and oxygen atoms in total. The number of amides is 1. The molecule has 0 spiro atoms. The topological polar surface area (TPSA) is 64.4 Å². The monoisotopic (exact) mass is 368 g/mol. The van der Waals surface area contributed by atoms with Crippen LogP contribution >= 0.6 is 11.8 Å². The molecular weight excluding hydrogens is 348 g/mol. The Labute approximate surface area is 156 Å². The van der Waals surface area contributed by atoms with E-state index < -0.39 is 0 Å². The van der Waals surface area contributed by atoms with Crippen LogP contribution in [0.1, 0.15) is 29.1 Å². The summed E-state index contributed by atoms with van der Waals surface area (Å²) in [4.78, 5) is 18.1. The summed E-state index contributed by atoms with van der Waals surface area (Å²) >= 11 is 1.68. The van der Waals surface area contributed by atoms with Crippen molar-refractivity contribution in [3.8, 4) is 0 Å². The Bertz CT molecular complexity index is 932. The highest BCUT2D eigenvalue weighted by molar-refractivity contribution is 7.99. The lowest BCUT2D eigenvalue weighted by Crippen LogP contribution is -2.14. The highest BCUT2D eigenvalue weighted by Gasteiger charge is 2.18. The Morgan fingerprint density at radius 3 is 3.04 bits per heavy atom. The molecule has 26 heavy (non-hydrogen) atoms. The van der Waals surface area contributed by atoms with Crippen molar-refractivity contribution < 1.29 is 13.9 Å². The largest absolute Gasteiger partial charge is 0.441 e. The fourth-order valence-corrected chi connectivity index (χ4v) is 4.18. The van der Waals surface area contributed by atoms with Crippen LogP contribution in [0.4, 0.5) is 5.69 Å². The number of carbonyl (C=O) groups excluding carboxylic acids is 1. The minimum atomic E-state index is -0.125. The number of rotatable bonds is 5. The summed E-state index contributed by atoms with van der Waals surface area (Å²) in [7, 11) is 0. The Kier molecular flexibility index (Phi) is 4.95. The standard InChI is InChI=1S/C20H20N2O3S/c1-13-21-17-11-14(8-9-18(17)25-13)22-20(23)16-6-2-3-7-19(16)26-12-15-5-4-10-24-15/h2-3,6-9,11,15H,4-5,10,12H2,1H3,(H,22,23)/t15-/m0/s1. The molecule has 1 aliphatic rings. The van der Waals surface area contributed by atoms with E-state index in [0.717, 1.165) is 35.6 Å². The molecule has 1 fully saturated rings. The van der Waals surface area contributed by atoms with E-state index in [1.54, 1.807) is 18.7 Å². The zero-order chi connectivity index (χ0) is 17.9. The van der Waals surface area contributed by atoms with E-state index in [1.165, 1.54) is 0 Å². The van der Waals surface area contributed by atoms with Gasteiger partial charge in [0, 0.05) is 29.9 Å². The molecule has 1 atom stereocenters. The summed E-state index contributed by atoms with van der Waals surface area (Å²) in [5.41, 5.74) is 2.83. The van der Waals surface area contributed by atoms with Crippen LogP contribution in [0.5, 0.6) is 0 Å². The first-order chi connectivity index (χ1) is 12.7. The van der Waals surface area contributed by atoms with Crippen LogP contribution in [0.15, 0.2) is 51.8 Å². The molecule has 6 heteroatoms. The number of anilines is 1. The molecule has 0 unspecified atom stereocenters. The lowest BCUT2D eigenvalue weighted by atomic mass is 10.2. The fraction of sp³-hybridized carbons (Fsp3) is 0.300. The van der Waals surface area contributed by atoms with Crippen molar-refractivity contribution in [1.29, 1.82) is 0 Å². The van der Waals surface area contributed by atoms with Crippen LogP contribution < -0.4 is 5.32 Å². The normalized spacial score (nSPS) is 16.9. The Morgan fingerprint density at radius 1 is 1.31 bits per heavy atom. The summed E-state index contributed by atoms with van der Waals surface area (Å²) < 4.78 is 11.1. The van der Waals surface area contributed by atoms with Crippen molar-refractivity contribution in [2.24, 2.45) is 0 Å². The van der Waals surface area contributed by atoms with Crippen LogP contribution in [-0.2, 0) is 4.74 Å². The average molecular weight is 368 g/mol. The molecular formula is C20H20N2O3S. The minimum Gasteiger partial charge on any atom is -0.441 e. The third-order valence-electron chi connectivity index (χ3n) is 4.33. The molecule has 0 bridgehead atoms. The molecule has 2 heterocycles. The number of hydrogen-bond acceptors (Lipinski definition) is 5. The quantitative estimate of drug-likeness (QED) is 0.664. The maximum absolute atomic E-state index is 12.8. The molecule has 2 aromatic carbocycles. The number of fused-ring (bicyclic) bond motifs is 1. The van der Waals surface area contributed by atoms with E-state index in [4.69, 9.17) is 9.15 Å². The number of hydrogen-bond donors (Lipinski definition) is 1. The SMILES string of the molecule is Cc1nc2cc(NC(=O)c3ccccc3SC[C@@H]3CCCO3)ccc2o1. The second-order valence-corrected chi connectivity index (χ2v) is 7.37. The number of thioether (sulfide) groups is 1. The summed E-state index contributed by atoms with van der Waals surface area (Å²) in [5.74, 6) is 1.36. The van der Waals surface area contributed by atoms with Crippen molar-refractivity contribution in [3.05, 3.63) is 53.9 Å². The molecule has 1 saturated heterocycles. The van der Waals surface area contributed by atoms with Gasteiger partial charge in [0.1, 0.15) is 5.52 Å². The highest BCUT2D eigenvalue weighted by Crippen LogP contribution is 2.28. The van der Waals surface area contributed by atoms with Gasteiger partial charge in [-0.25, -0.2) is 4.98 Å². The second-order valence-electron chi connectivity index (χ2n) is 6.31. The van der Waals surface area contributed by atoms with Crippen LogP contribution in [0, 0.1) is 6.92 Å². The van der Waals surface area contributed by atoms with Gasteiger partial charge in [0.2, 0.25) is 0 Å². The number of oxazole rings is 1. The zero-order valence-corrected chi connectivity index (χ0v) is 15.3. The van der Waals surface area contributed by atoms with Gasteiger partial charge >= 0.3 is 0 Å². The summed E-state index contributed by atoms with van der Waals surface area (Å²) in [6.45, 7) is 2.65. The van der Waals surface area contributed by atoms with Crippen LogP contribution in [-0.4, -0.2) is 29.4 Å². The number of aromatic nitrogens is 1. The average Bonchev–Trinajstić information content (AvgIpc) is 3.28. The van der Waals surface area contributed by atoms with Crippen molar-refractivity contribution in [2.75, 3.05) is 17.7 Å². The first-order valence-electron chi connectivity index (χ1n) is 8.71. The van der Waals surface area contributed by atoms with Gasteiger partial charge in [0.05, 0.1) is 11.7 Å². The van der Waals surface area contributed by atoms with Gasteiger partial charge in [0.25, 0.3) is 5.91 Å². The van der Waals surface area contributed by atoms with E-state index in [2.05, 4.69) is 10.3 Å². The molecule has 1 N–H and O–H groups in total. The number of nitrogens with one attached hydrogen (secondary N) is 1. The van der Waals surface area contributed by atoms with Crippen LogP contribution in [0.25, 0.3) is 11.1 Å². The van der Waals surface area contributed by atoms with E-state index in [-0.39, 0.29) is 12.0 Å². The van der Waals surface area contributed by atoms with Crippen LogP contribution in [0.2, 0.25) is 0 Å². The number of ether oxygens (including phenoxy) is 1. The van der Waals surface area contributed by atoms with E-state index in [0.29, 0.717) is 22.7 Å². The molecule has 1 aromatic heterocycles. The second kappa shape index (κ2) is 7.51. The molecule has 134 valence electrons. The maximum Gasteiger partial charge on any atom is 0.256 e. The van der Waals surface area contributed by atoms with Gasteiger partial charge in [-0.05, 0) is 43.2 Å². The Hall–Kier alpha value is -2.31. The first kappa shape index (κ1) is 17.1. The van der Waals surface area contributed by atoms with Crippen molar-refractivity contribution in [1.82, 2.24) is 4.98 Å². The van der Waals surface area contributed by atoms with Gasteiger partial charge in [0.15, 0.2) is 11.5 Å². The Balaban J connectivity index is 1.49. The summed E-state index contributed by atoms with van der Waals surface area (Å²) in [6, 6.07) is 13.2. The van der Waals surface area contributed by atoms with Gasteiger partial charge in [-0.1, -0.05) is 12.1 Å². The molecule has 0 aliphatic carbocycles. The van der Waals surface area contributed by atoms with Crippen molar-refractivity contribution in [2.45, 2.75) is 30.8 Å². The number of aryl methyl sites for hydroxylation is 1. The lowest BCUT2D eigenvalue weighted by molar-refractivity contribution is 0.102. The van der Waals surface area contributed by atoms with Gasteiger partial charge < -0.3 is 14.5 Å². The predicted molar refractivity (Wildman–Crippen MR) is 103 cm³/mol. The maximum atomic E-state index is 12.8. The van der Waals surface area contributed by atoms with E-state index >= 15 is 0 Å². The molecule has 3 aromatic rings. The predicted octanol–water partition coefficient (Wildman–Crippen LogP) is 4.66. The van der Waals surface area contributed by atoms with Gasteiger partial charge in [-0.3, -0.25) is 4.79 Å². The number of nitrogens with zero attached hydrogens (tertiary/aromatic N) is 1. The Morgan fingerprint density at radius 2 is 2.19 bits per heavy atom.